The summed E-state index contributed by atoms with van der Waals surface area (Å²) in [5.41, 5.74) is -1.28. The lowest BCUT2D eigenvalue weighted by molar-refractivity contribution is -0.384. The van der Waals surface area contributed by atoms with Gasteiger partial charge in [0, 0.05) is 18.2 Å². The normalized spacial score (nSPS) is 11.3. The van der Waals surface area contributed by atoms with Gasteiger partial charge in [0.05, 0.1) is 4.92 Å². The molecule has 22 heavy (non-hydrogen) atoms. The molecule has 0 atom stereocenters. The van der Waals surface area contributed by atoms with Gasteiger partial charge in [-0.15, -0.1) is 0 Å². The smallest absolute Gasteiger partial charge is 0.433 e. The number of hydrogen-bond donors (Lipinski definition) is 0. The van der Waals surface area contributed by atoms with Gasteiger partial charge in [0.1, 0.15) is 5.75 Å². The highest BCUT2D eigenvalue weighted by Crippen LogP contribution is 2.32. The van der Waals surface area contributed by atoms with Crippen molar-refractivity contribution in [1.29, 1.82) is 0 Å². The van der Waals surface area contributed by atoms with Crippen molar-refractivity contribution in [2.45, 2.75) is 11.3 Å². The number of hydrogen-bond acceptors (Lipinski definition) is 6. The summed E-state index contributed by atoms with van der Waals surface area (Å²) in [6, 6.07) is 5.56. The van der Waals surface area contributed by atoms with Crippen LogP contribution in [0, 0.1) is 10.1 Å². The molecule has 0 radical (unpaired) electrons. The zero-order valence-corrected chi connectivity index (χ0v) is 11.8. The lowest BCUT2D eigenvalue weighted by Crippen LogP contribution is -2.09. The second-order valence-corrected chi connectivity index (χ2v) is 4.70. The van der Waals surface area contributed by atoms with E-state index in [9.17, 15) is 23.3 Å². The molecule has 0 saturated heterocycles. The van der Waals surface area contributed by atoms with Crippen LogP contribution >= 0.6 is 11.8 Å². The van der Waals surface area contributed by atoms with Crippen molar-refractivity contribution in [3.05, 3.63) is 46.1 Å². The minimum absolute atomic E-state index is 0.0910. The average Bonchev–Trinajstić information content (AvgIpc) is 2.46. The Balaban J connectivity index is 2.30. The molecule has 1 aromatic carbocycles. The van der Waals surface area contributed by atoms with Crippen LogP contribution < -0.4 is 4.74 Å². The van der Waals surface area contributed by atoms with Gasteiger partial charge in [0.25, 0.3) is 5.69 Å². The molecule has 0 aliphatic carbocycles. The standard InChI is InChI=1S/C12H8F3N3O3S/c1-22-11-16-9(12(13,14)15)6-10(17-11)21-8-4-2-7(3-5-8)18(19)20/h2-6H,1H3. The molecule has 0 amide bonds. The molecule has 116 valence electrons. The van der Waals surface area contributed by atoms with E-state index in [1.807, 2.05) is 0 Å². The highest BCUT2D eigenvalue weighted by atomic mass is 32.2. The van der Waals surface area contributed by atoms with E-state index in [1.165, 1.54) is 30.5 Å². The Bertz CT molecular complexity index is 692. The molecule has 0 N–H and O–H groups in total. The van der Waals surface area contributed by atoms with E-state index in [2.05, 4.69) is 9.97 Å². The van der Waals surface area contributed by atoms with Crippen molar-refractivity contribution in [1.82, 2.24) is 9.97 Å². The SMILES string of the molecule is CSc1nc(Oc2ccc([N+](=O)[O-])cc2)cc(C(F)(F)F)n1. The Morgan fingerprint density at radius 3 is 2.36 bits per heavy atom. The topological polar surface area (TPSA) is 78.2 Å². The molecule has 0 unspecified atom stereocenters. The van der Waals surface area contributed by atoms with E-state index in [1.54, 1.807) is 0 Å². The van der Waals surface area contributed by atoms with Crippen LogP contribution in [0.1, 0.15) is 5.69 Å². The van der Waals surface area contributed by atoms with Crippen LogP contribution in [0.3, 0.4) is 0 Å². The van der Waals surface area contributed by atoms with E-state index in [0.717, 1.165) is 11.8 Å². The van der Waals surface area contributed by atoms with Crippen molar-refractivity contribution in [3.8, 4) is 11.6 Å². The first-order valence-corrected chi connectivity index (χ1v) is 6.94. The summed E-state index contributed by atoms with van der Waals surface area (Å²) in [6.07, 6.45) is -3.09. The van der Waals surface area contributed by atoms with Gasteiger partial charge in [0.2, 0.25) is 5.88 Å². The second kappa shape index (κ2) is 6.18. The summed E-state index contributed by atoms with van der Waals surface area (Å²) in [7, 11) is 0. The molecule has 0 saturated carbocycles. The first-order valence-electron chi connectivity index (χ1n) is 5.72. The quantitative estimate of drug-likeness (QED) is 0.366. The van der Waals surface area contributed by atoms with Crippen LogP contribution in [0.25, 0.3) is 0 Å². The van der Waals surface area contributed by atoms with Gasteiger partial charge in [-0.2, -0.15) is 18.2 Å². The van der Waals surface area contributed by atoms with Gasteiger partial charge in [-0.1, -0.05) is 11.8 Å². The molecule has 0 spiro atoms. The highest BCUT2D eigenvalue weighted by Gasteiger charge is 2.34. The number of nitro benzene ring substituents is 1. The molecule has 2 rings (SSSR count). The molecule has 1 aromatic heterocycles. The molecule has 0 aliphatic rings. The number of halogens is 3. The molecular weight excluding hydrogens is 323 g/mol. The Morgan fingerprint density at radius 2 is 1.86 bits per heavy atom. The van der Waals surface area contributed by atoms with Crippen LogP contribution in [0.5, 0.6) is 11.6 Å². The molecule has 1 heterocycles. The largest absolute Gasteiger partial charge is 0.439 e. The Kier molecular flexibility index (Phi) is 4.50. The average molecular weight is 331 g/mol. The van der Waals surface area contributed by atoms with Crippen molar-refractivity contribution in [2.24, 2.45) is 0 Å². The maximum absolute atomic E-state index is 12.7. The summed E-state index contributed by atoms with van der Waals surface area (Å²) in [6.45, 7) is 0. The highest BCUT2D eigenvalue weighted by molar-refractivity contribution is 7.98. The number of non-ortho nitro benzene ring substituents is 1. The third-order valence-electron chi connectivity index (χ3n) is 2.43. The fourth-order valence-corrected chi connectivity index (χ4v) is 1.82. The van der Waals surface area contributed by atoms with Gasteiger partial charge in [0.15, 0.2) is 10.9 Å². The number of ether oxygens (including phenoxy) is 1. The van der Waals surface area contributed by atoms with Gasteiger partial charge >= 0.3 is 6.18 Å². The molecule has 0 aliphatic heterocycles. The summed E-state index contributed by atoms with van der Waals surface area (Å²) in [5, 5.41) is 10.4. The molecule has 0 bridgehead atoms. The number of aromatic nitrogens is 2. The van der Waals surface area contributed by atoms with Gasteiger partial charge in [-0.25, -0.2) is 4.98 Å². The molecule has 6 nitrogen and oxygen atoms in total. The van der Waals surface area contributed by atoms with Crippen molar-refractivity contribution in [3.63, 3.8) is 0 Å². The number of nitrogens with zero attached hydrogens (tertiary/aromatic N) is 3. The Hall–Kier alpha value is -2.36. The van der Waals surface area contributed by atoms with E-state index in [-0.39, 0.29) is 22.5 Å². The van der Waals surface area contributed by atoms with Crippen LogP contribution in [-0.2, 0) is 6.18 Å². The predicted octanol–water partition coefficient (Wildman–Crippen LogP) is 3.92. The molecular formula is C12H8F3N3O3S. The van der Waals surface area contributed by atoms with Crippen molar-refractivity contribution >= 4 is 17.4 Å². The third-order valence-corrected chi connectivity index (χ3v) is 2.97. The van der Waals surface area contributed by atoms with Crippen LogP contribution in [0.2, 0.25) is 0 Å². The van der Waals surface area contributed by atoms with Crippen LogP contribution in [0.4, 0.5) is 18.9 Å². The van der Waals surface area contributed by atoms with Crippen LogP contribution in [-0.4, -0.2) is 21.1 Å². The number of thioether (sulfide) groups is 1. The predicted molar refractivity (Wildman–Crippen MR) is 72.0 cm³/mol. The minimum atomic E-state index is -4.62. The van der Waals surface area contributed by atoms with E-state index < -0.39 is 16.8 Å². The summed E-state index contributed by atoms with van der Waals surface area (Å²) < 4.78 is 43.4. The number of alkyl halides is 3. The Labute approximate surface area is 126 Å². The fourth-order valence-electron chi connectivity index (χ4n) is 1.45. The van der Waals surface area contributed by atoms with E-state index in [0.29, 0.717) is 6.07 Å². The lowest BCUT2D eigenvalue weighted by Gasteiger charge is -2.10. The zero-order valence-electron chi connectivity index (χ0n) is 11.0. The van der Waals surface area contributed by atoms with Crippen molar-refractivity contribution < 1.29 is 22.8 Å². The van der Waals surface area contributed by atoms with Gasteiger partial charge < -0.3 is 4.74 Å². The Morgan fingerprint density at radius 1 is 1.23 bits per heavy atom. The lowest BCUT2D eigenvalue weighted by atomic mass is 10.3. The number of benzene rings is 1. The summed E-state index contributed by atoms with van der Waals surface area (Å²) >= 11 is 0.939. The number of nitro groups is 1. The second-order valence-electron chi connectivity index (χ2n) is 3.93. The van der Waals surface area contributed by atoms with Gasteiger partial charge in [-0.05, 0) is 18.4 Å². The van der Waals surface area contributed by atoms with Gasteiger partial charge in [-0.3, -0.25) is 10.1 Å². The molecule has 2 aromatic rings. The monoisotopic (exact) mass is 331 g/mol. The van der Waals surface area contributed by atoms with Crippen molar-refractivity contribution in [2.75, 3.05) is 6.26 Å². The minimum Gasteiger partial charge on any atom is -0.439 e. The maximum atomic E-state index is 12.7. The number of rotatable bonds is 4. The summed E-state index contributed by atoms with van der Waals surface area (Å²) in [5.74, 6) is -0.162. The zero-order chi connectivity index (χ0) is 16.3. The van der Waals surface area contributed by atoms with E-state index >= 15 is 0 Å². The fraction of sp³-hybridized carbons (Fsp3) is 0.167. The molecule has 10 heteroatoms. The molecule has 0 fully saturated rings. The summed E-state index contributed by atoms with van der Waals surface area (Å²) in [4.78, 5) is 17.1. The van der Waals surface area contributed by atoms with Crippen LogP contribution in [0.15, 0.2) is 35.5 Å². The maximum Gasteiger partial charge on any atom is 0.433 e. The first-order chi connectivity index (χ1) is 10.3. The van der Waals surface area contributed by atoms with E-state index in [4.69, 9.17) is 4.74 Å². The third kappa shape index (κ3) is 3.85. The first kappa shape index (κ1) is 16.0.